The van der Waals surface area contributed by atoms with Crippen LogP contribution in [0.15, 0.2) is 46.9 Å². The lowest BCUT2D eigenvalue weighted by atomic mass is 10.0. The van der Waals surface area contributed by atoms with Crippen LogP contribution in [0.4, 0.5) is 4.39 Å². The first-order chi connectivity index (χ1) is 9.06. The number of halogens is 2. The fraction of sp³-hybridized carbons (Fsp3) is 0.250. The van der Waals surface area contributed by atoms with Crippen LogP contribution in [-0.2, 0) is 6.61 Å². The van der Waals surface area contributed by atoms with E-state index in [9.17, 15) is 4.39 Å². The van der Waals surface area contributed by atoms with Crippen molar-refractivity contribution >= 4 is 15.9 Å². The molecule has 0 aromatic heterocycles. The third-order valence-electron chi connectivity index (χ3n) is 2.93. The van der Waals surface area contributed by atoms with Gasteiger partial charge in [0.25, 0.3) is 0 Å². The second-order valence-corrected chi connectivity index (χ2v) is 5.61. The van der Waals surface area contributed by atoms with Crippen LogP contribution in [0.1, 0.15) is 30.9 Å². The molecule has 0 N–H and O–H groups in total. The molecule has 0 aliphatic carbocycles. The predicted molar refractivity (Wildman–Crippen MR) is 79.0 cm³/mol. The summed E-state index contributed by atoms with van der Waals surface area (Å²) in [6, 6.07) is 12.7. The number of hydrogen-bond donors (Lipinski definition) is 0. The highest BCUT2D eigenvalue weighted by molar-refractivity contribution is 9.10. The Morgan fingerprint density at radius 1 is 1.11 bits per heavy atom. The van der Waals surface area contributed by atoms with Gasteiger partial charge in [0.05, 0.1) is 4.47 Å². The standard InChI is InChI=1S/C16H16BrFO/c1-11(2)13-5-3-12(4-6-13)10-19-16-9-14(18)7-8-15(16)17/h3-9,11H,10H2,1-2H3. The normalized spacial score (nSPS) is 10.8. The summed E-state index contributed by atoms with van der Waals surface area (Å²) in [5.74, 6) is 0.744. The summed E-state index contributed by atoms with van der Waals surface area (Å²) in [6.45, 7) is 4.76. The molecule has 3 heteroatoms. The van der Waals surface area contributed by atoms with Crippen molar-refractivity contribution in [3.63, 3.8) is 0 Å². The van der Waals surface area contributed by atoms with E-state index in [1.807, 2.05) is 12.1 Å². The van der Waals surface area contributed by atoms with Crippen molar-refractivity contribution in [2.45, 2.75) is 26.4 Å². The zero-order chi connectivity index (χ0) is 13.8. The molecule has 0 saturated carbocycles. The zero-order valence-electron chi connectivity index (χ0n) is 11.0. The van der Waals surface area contributed by atoms with Crippen LogP contribution in [0.5, 0.6) is 5.75 Å². The SMILES string of the molecule is CC(C)c1ccc(COc2cc(F)ccc2Br)cc1. The van der Waals surface area contributed by atoms with Gasteiger partial charge in [-0.1, -0.05) is 38.1 Å². The van der Waals surface area contributed by atoms with Gasteiger partial charge >= 0.3 is 0 Å². The molecule has 1 nitrogen and oxygen atoms in total. The van der Waals surface area contributed by atoms with E-state index in [4.69, 9.17) is 4.74 Å². The summed E-state index contributed by atoms with van der Waals surface area (Å²) in [7, 11) is 0. The highest BCUT2D eigenvalue weighted by Crippen LogP contribution is 2.26. The Bertz CT molecular complexity index is 549. The third kappa shape index (κ3) is 3.80. The molecule has 0 radical (unpaired) electrons. The van der Waals surface area contributed by atoms with Crippen molar-refractivity contribution in [3.8, 4) is 5.75 Å². The number of benzene rings is 2. The van der Waals surface area contributed by atoms with Gasteiger partial charge in [-0.05, 0) is 45.1 Å². The van der Waals surface area contributed by atoms with E-state index >= 15 is 0 Å². The van der Waals surface area contributed by atoms with E-state index in [0.29, 0.717) is 18.3 Å². The summed E-state index contributed by atoms with van der Waals surface area (Å²) in [6.07, 6.45) is 0. The fourth-order valence-electron chi connectivity index (χ4n) is 1.75. The van der Waals surface area contributed by atoms with Crippen LogP contribution in [0.2, 0.25) is 0 Å². The van der Waals surface area contributed by atoms with E-state index < -0.39 is 0 Å². The molecule has 0 bridgehead atoms. The molecule has 0 spiro atoms. The second-order valence-electron chi connectivity index (χ2n) is 4.76. The van der Waals surface area contributed by atoms with Crippen molar-refractivity contribution in [2.24, 2.45) is 0 Å². The van der Waals surface area contributed by atoms with E-state index in [-0.39, 0.29) is 5.82 Å². The predicted octanol–water partition coefficient (Wildman–Crippen LogP) is 5.29. The molecule has 19 heavy (non-hydrogen) atoms. The molecule has 100 valence electrons. The summed E-state index contributed by atoms with van der Waals surface area (Å²) in [4.78, 5) is 0. The minimum atomic E-state index is -0.298. The molecule has 0 saturated heterocycles. The number of ether oxygens (including phenoxy) is 1. The van der Waals surface area contributed by atoms with Gasteiger partial charge in [0.2, 0.25) is 0 Å². The molecule has 0 fully saturated rings. The van der Waals surface area contributed by atoms with Gasteiger partial charge in [0.1, 0.15) is 18.2 Å². The van der Waals surface area contributed by atoms with Gasteiger partial charge in [-0.2, -0.15) is 0 Å². The Balaban J connectivity index is 2.04. The monoisotopic (exact) mass is 322 g/mol. The van der Waals surface area contributed by atoms with Gasteiger partial charge in [0, 0.05) is 6.07 Å². The molecule has 0 aliphatic heterocycles. The Kier molecular flexibility index (Phi) is 4.59. The fourth-order valence-corrected chi connectivity index (χ4v) is 2.11. The maximum atomic E-state index is 13.1. The summed E-state index contributed by atoms with van der Waals surface area (Å²) in [5, 5.41) is 0. The summed E-state index contributed by atoms with van der Waals surface area (Å²) >= 11 is 3.34. The van der Waals surface area contributed by atoms with Crippen LogP contribution in [0.25, 0.3) is 0 Å². The van der Waals surface area contributed by atoms with E-state index in [2.05, 4.69) is 41.9 Å². The third-order valence-corrected chi connectivity index (χ3v) is 3.59. The lowest BCUT2D eigenvalue weighted by molar-refractivity contribution is 0.302. The first kappa shape index (κ1) is 14.1. The Morgan fingerprint density at radius 2 is 1.79 bits per heavy atom. The minimum absolute atomic E-state index is 0.298. The van der Waals surface area contributed by atoms with Gasteiger partial charge < -0.3 is 4.74 Å². The Hall–Kier alpha value is -1.35. The minimum Gasteiger partial charge on any atom is -0.488 e. The topological polar surface area (TPSA) is 9.23 Å². The number of hydrogen-bond acceptors (Lipinski definition) is 1. The quantitative estimate of drug-likeness (QED) is 0.743. The summed E-state index contributed by atoms with van der Waals surface area (Å²) < 4.78 is 19.5. The molecule has 0 aliphatic rings. The zero-order valence-corrected chi connectivity index (χ0v) is 12.6. The number of rotatable bonds is 4. The molecule has 0 amide bonds. The Labute approximate surface area is 121 Å². The first-order valence-electron chi connectivity index (χ1n) is 6.23. The highest BCUT2D eigenvalue weighted by atomic mass is 79.9. The average Bonchev–Trinajstić information content (AvgIpc) is 2.40. The van der Waals surface area contributed by atoms with Crippen LogP contribution in [0, 0.1) is 5.82 Å². The maximum absolute atomic E-state index is 13.1. The van der Waals surface area contributed by atoms with Crippen LogP contribution in [-0.4, -0.2) is 0 Å². The molecule has 2 aromatic carbocycles. The van der Waals surface area contributed by atoms with E-state index in [0.717, 1.165) is 10.0 Å². The lowest BCUT2D eigenvalue weighted by Gasteiger charge is -2.10. The van der Waals surface area contributed by atoms with Gasteiger partial charge in [-0.15, -0.1) is 0 Å². The Morgan fingerprint density at radius 3 is 2.42 bits per heavy atom. The van der Waals surface area contributed by atoms with Crippen molar-refractivity contribution in [3.05, 3.63) is 63.9 Å². The van der Waals surface area contributed by atoms with Crippen LogP contribution in [0.3, 0.4) is 0 Å². The van der Waals surface area contributed by atoms with Gasteiger partial charge in [0.15, 0.2) is 0 Å². The van der Waals surface area contributed by atoms with Gasteiger partial charge in [-0.25, -0.2) is 4.39 Å². The molecule has 2 aromatic rings. The molecule has 0 heterocycles. The first-order valence-corrected chi connectivity index (χ1v) is 7.02. The van der Waals surface area contributed by atoms with Crippen molar-refractivity contribution in [2.75, 3.05) is 0 Å². The molecule has 0 unspecified atom stereocenters. The molecular formula is C16H16BrFO. The van der Waals surface area contributed by atoms with Crippen molar-refractivity contribution in [1.82, 2.24) is 0 Å². The lowest BCUT2D eigenvalue weighted by Crippen LogP contribution is -1.97. The highest BCUT2D eigenvalue weighted by Gasteiger charge is 2.04. The average molecular weight is 323 g/mol. The summed E-state index contributed by atoms with van der Waals surface area (Å²) in [5.41, 5.74) is 2.37. The van der Waals surface area contributed by atoms with E-state index in [1.165, 1.54) is 17.7 Å². The smallest absolute Gasteiger partial charge is 0.136 e. The van der Waals surface area contributed by atoms with Crippen LogP contribution >= 0.6 is 15.9 Å². The van der Waals surface area contributed by atoms with E-state index in [1.54, 1.807) is 6.07 Å². The van der Waals surface area contributed by atoms with Crippen molar-refractivity contribution < 1.29 is 9.13 Å². The second kappa shape index (κ2) is 6.20. The van der Waals surface area contributed by atoms with Gasteiger partial charge in [-0.3, -0.25) is 0 Å². The van der Waals surface area contributed by atoms with Crippen LogP contribution < -0.4 is 4.74 Å². The molecule has 0 atom stereocenters. The maximum Gasteiger partial charge on any atom is 0.136 e. The molecular weight excluding hydrogens is 307 g/mol. The largest absolute Gasteiger partial charge is 0.488 e. The van der Waals surface area contributed by atoms with Crippen molar-refractivity contribution in [1.29, 1.82) is 0 Å². The molecule has 2 rings (SSSR count).